The minimum atomic E-state index is -1.04. The van der Waals surface area contributed by atoms with Crippen LogP contribution >= 0.6 is 0 Å². The fourth-order valence-corrected chi connectivity index (χ4v) is 2.28. The van der Waals surface area contributed by atoms with Crippen molar-refractivity contribution < 1.29 is 29.3 Å². The molecule has 0 spiro atoms. The van der Waals surface area contributed by atoms with Crippen LogP contribution in [0.4, 0.5) is 0 Å². The summed E-state index contributed by atoms with van der Waals surface area (Å²) in [5.41, 5.74) is -1.80. The van der Waals surface area contributed by atoms with Crippen LogP contribution in [-0.2, 0) is 19.1 Å². The van der Waals surface area contributed by atoms with Gasteiger partial charge in [0.1, 0.15) is 12.2 Å². The van der Waals surface area contributed by atoms with E-state index in [1.54, 1.807) is 27.7 Å². The number of carbonyl (C=O) groups excluding carboxylic acids is 2. The summed E-state index contributed by atoms with van der Waals surface area (Å²) in [4.78, 5) is 24.0. The van der Waals surface area contributed by atoms with Crippen molar-refractivity contribution in [1.29, 1.82) is 0 Å². The Morgan fingerprint density at radius 2 is 1.91 bits per heavy atom. The molecule has 2 N–H and O–H groups in total. The van der Waals surface area contributed by atoms with E-state index >= 15 is 0 Å². The Hall–Kier alpha value is -1.14. The standard InChI is InChI=1S/C16H28O6/c1-15(2,9-17)13(22-14(20)16(3,4)10-18)11-7-5-6-8-12(19)21-11/h11,13,17-18H,5-10H2,1-4H3. The minimum absolute atomic E-state index is 0.210. The zero-order chi connectivity index (χ0) is 17.0. The van der Waals surface area contributed by atoms with E-state index in [4.69, 9.17) is 9.47 Å². The first-order valence-electron chi connectivity index (χ1n) is 7.76. The van der Waals surface area contributed by atoms with E-state index < -0.39 is 29.0 Å². The molecule has 1 saturated heterocycles. The Morgan fingerprint density at radius 1 is 1.27 bits per heavy atom. The van der Waals surface area contributed by atoms with Gasteiger partial charge >= 0.3 is 11.9 Å². The van der Waals surface area contributed by atoms with Gasteiger partial charge in [-0.05, 0) is 33.1 Å². The lowest BCUT2D eigenvalue weighted by atomic mass is 9.82. The summed E-state index contributed by atoms with van der Waals surface area (Å²) in [6.45, 7) is 6.13. The normalized spacial score (nSPS) is 21.7. The molecule has 128 valence electrons. The topological polar surface area (TPSA) is 93.1 Å². The predicted octanol–water partition coefficient (Wildman–Crippen LogP) is 1.42. The predicted molar refractivity (Wildman–Crippen MR) is 80.0 cm³/mol. The van der Waals surface area contributed by atoms with Gasteiger partial charge in [0.05, 0.1) is 18.6 Å². The summed E-state index contributed by atoms with van der Waals surface area (Å²) < 4.78 is 11.0. The minimum Gasteiger partial charge on any atom is -0.458 e. The van der Waals surface area contributed by atoms with Crippen molar-refractivity contribution in [2.24, 2.45) is 10.8 Å². The molecule has 6 heteroatoms. The average molecular weight is 316 g/mol. The fraction of sp³-hybridized carbons (Fsp3) is 0.875. The second-order valence-corrected chi connectivity index (χ2v) is 7.29. The van der Waals surface area contributed by atoms with Crippen LogP contribution in [0.3, 0.4) is 0 Å². The van der Waals surface area contributed by atoms with Crippen LogP contribution in [0.15, 0.2) is 0 Å². The molecule has 1 aliphatic rings. The second-order valence-electron chi connectivity index (χ2n) is 7.29. The number of ether oxygens (including phenoxy) is 2. The Kier molecular flexibility index (Phi) is 6.38. The highest BCUT2D eigenvalue weighted by Crippen LogP contribution is 2.33. The van der Waals surface area contributed by atoms with Crippen molar-refractivity contribution in [2.75, 3.05) is 13.2 Å². The van der Waals surface area contributed by atoms with Crippen molar-refractivity contribution in [3.63, 3.8) is 0 Å². The van der Waals surface area contributed by atoms with Crippen molar-refractivity contribution >= 4 is 11.9 Å². The molecule has 0 saturated carbocycles. The fourth-order valence-electron chi connectivity index (χ4n) is 2.28. The maximum Gasteiger partial charge on any atom is 0.314 e. The number of aliphatic hydroxyl groups excluding tert-OH is 2. The number of cyclic esters (lactones) is 1. The zero-order valence-corrected chi connectivity index (χ0v) is 13.9. The summed E-state index contributed by atoms with van der Waals surface area (Å²) in [5, 5.41) is 18.9. The molecule has 2 unspecified atom stereocenters. The maximum absolute atomic E-state index is 12.3. The third-order valence-electron chi connectivity index (χ3n) is 4.10. The van der Waals surface area contributed by atoms with Crippen LogP contribution in [0.1, 0.15) is 53.4 Å². The highest BCUT2D eigenvalue weighted by Gasteiger charge is 2.43. The summed E-state index contributed by atoms with van der Waals surface area (Å²) in [6.07, 6.45) is 1.17. The number of aliphatic hydroxyl groups is 2. The summed E-state index contributed by atoms with van der Waals surface area (Å²) in [7, 11) is 0. The van der Waals surface area contributed by atoms with Crippen LogP contribution in [0.25, 0.3) is 0 Å². The molecule has 2 atom stereocenters. The van der Waals surface area contributed by atoms with Gasteiger partial charge in [0.2, 0.25) is 0 Å². The number of esters is 2. The number of rotatable bonds is 6. The molecule has 22 heavy (non-hydrogen) atoms. The average Bonchev–Trinajstić information content (AvgIpc) is 2.68. The lowest BCUT2D eigenvalue weighted by Crippen LogP contribution is -2.48. The molecule has 1 heterocycles. The van der Waals surface area contributed by atoms with Gasteiger partial charge in [-0.15, -0.1) is 0 Å². The molecule has 1 fully saturated rings. The quantitative estimate of drug-likeness (QED) is 0.720. The van der Waals surface area contributed by atoms with Crippen molar-refractivity contribution in [1.82, 2.24) is 0 Å². The van der Waals surface area contributed by atoms with Gasteiger partial charge < -0.3 is 19.7 Å². The monoisotopic (exact) mass is 316 g/mol. The Balaban J connectivity index is 2.98. The van der Waals surface area contributed by atoms with E-state index in [-0.39, 0.29) is 19.2 Å². The Bertz CT molecular complexity index is 401. The van der Waals surface area contributed by atoms with Gasteiger partial charge in [-0.1, -0.05) is 13.8 Å². The molecule has 0 radical (unpaired) electrons. The van der Waals surface area contributed by atoms with Gasteiger partial charge in [-0.2, -0.15) is 0 Å². The molecular formula is C16H28O6. The van der Waals surface area contributed by atoms with Gasteiger partial charge in [0.25, 0.3) is 0 Å². The van der Waals surface area contributed by atoms with Crippen molar-refractivity contribution in [3.05, 3.63) is 0 Å². The van der Waals surface area contributed by atoms with Crippen LogP contribution in [0.5, 0.6) is 0 Å². The molecule has 6 nitrogen and oxygen atoms in total. The van der Waals surface area contributed by atoms with Gasteiger partial charge in [0, 0.05) is 11.8 Å². The van der Waals surface area contributed by atoms with Crippen LogP contribution in [-0.4, -0.2) is 47.6 Å². The van der Waals surface area contributed by atoms with Gasteiger partial charge in [-0.3, -0.25) is 9.59 Å². The first kappa shape index (κ1) is 18.9. The first-order chi connectivity index (χ1) is 10.1. The highest BCUT2D eigenvalue weighted by atomic mass is 16.6. The summed E-state index contributed by atoms with van der Waals surface area (Å²) >= 11 is 0. The first-order valence-corrected chi connectivity index (χ1v) is 7.76. The summed E-state index contributed by atoms with van der Waals surface area (Å²) in [6, 6.07) is 0. The molecule has 0 aromatic rings. The lowest BCUT2D eigenvalue weighted by molar-refractivity contribution is -0.188. The maximum atomic E-state index is 12.3. The van der Waals surface area contributed by atoms with Crippen molar-refractivity contribution in [3.8, 4) is 0 Å². The number of hydrogen-bond donors (Lipinski definition) is 2. The van der Waals surface area contributed by atoms with E-state index in [9.17, 15) is 19.8 Å². The van der Waals surface area contributed by atoms with E-state index in [1.165, 1.54) is 0 Å². The molecule has 0 aromatic carbocycles. The third-order valence-corrected chi connectivity index (χ3v) is 4.10. The van der Waals surface area contributed by atoms with Gasteiger partial charge in [-0.25, -0.2) is 0 Å². The van der Waals surface area contributed by atoms with E-state index in [2.05, 4.69) is 0 Å². The van der Waals surface area contributed by atoms with Crippen molar-refractivity contribution in [2.45, 2.75) is 65.6 Å². The number of hydrogen-bond acceptors (Lipinski definition) is 6. The molecule has 0 bridgehead atoms. The van der Waals surface area contributed by atoms with E-state index in [0.29, 0.717) is 12.8 Å². The lowest BCUT2D eigenvalue weighted by Gasteiger charge is -2.38. The van der Waals surface area contributed by atoms with Gasteiger partial charge in [0.15, 0.2) is 0 Å². The van der Waals surface area contributed by atoms with Crippen LogP contribution in [0.2, 0.25) is 0 Å². The molecule has 0 aromatic heterocycles. The van der Waals surface area contributed by atoms with E-state index in [1.807, 2.05) is 0 Å². The SMILES string of the molecule is CC(C)(CO)C(=O)OC(C1CCCCC(=O)O1)C(C)(C)CO. The third kappa shape index (κ3) is 4.68. The molecule has 0 aliphatic carbocycles. The molecule has 1 aliphatic heterocycles. The highest BCUT2D eigenvalue weighted by molar-refractivity contribution is 5.76. The Labute approximate surface area is 131 Å². The van der Waals surface area contributed by atoms with Crippen LogP contribution < -0.4 is 0 Å². The molecule has 0 amide bonds. The summed E-state index contributed by atoms with van der Waals surface area (Å²) in [5.74, 6) is -0.875. The molecule has 1 rings (SSSR count). The smallest absolute Gasteiger partial charge is 0.314 e. The molecular weight excluding hydrogens is 288 g/mol. The zero-order valence-electron chi connectivity index (χ0n) is 13.9. The van der Waals surface area contributed by atoms with Crippen LogP contribution in [0, 0.1) is 10.8 Å². The van der Waals surface area contributed by atoms with E-state index in [0.717, 1.165) is 12.8 Å². The Morgan fingerprint density at radius 3 is 2.45 bits per heavy atom. The largest absolute Gasteiger partial charge is 0.458 e. The number of carbonyl (C=O) groups is 2. The second kappa shape index (κ2) is 7.42.